The van der Waals surface area contributed by atoms with Gasteiger partial charge in [-0.15, -0.1) is 11.6 Å². The normalized spacial score (nSPS) is 16.1. The molecular weight excluding hydrogens is 218 g/mol. The van der Waals surface area contributed by atoms with Crippen molar-refractivity contribution in [2.45, 2.75) is 32.2 Å². The molecule has 1 aromatic rings. The molecule has 1 aliphatic rings. The van der Waals surface area contributed by atoms with Crippen LogP contribution in [-0.4, -0.2) is 23.9 Å². The average Bonchev–Trinajstić information content (AvgIpc) is 2.34. The van der Waals surface area contributed by atoms with Crippen molar-refractivity contribution >= 4 is 11.6 Å². The van der Waals surface area contributed by atoms with E-state index in [0.29, 0.717) is 0 Å². The zero-order valence-corrected chi connectivity index (χ0v) is 10.5. The minimum absolute atomic E-state index is 0.808. The Bertz CT molecular complexity index is 324. The molecule has 0 aliphatic carbocycles. The van der Waals surface area contributed by atoms with Crippen LogP contribution in [0.15, 0.2) is 24.3 Å². The third-order valence-electron chi connectivity index (χ3n) is 3.32. The molecule has 1 heterocycles. The second-order valence-corrected chi connectivity index (χ2v) is 4.92. The van der Waals surface area contributed by atoms with Crippen LogP contribution in [0.1, 0.15) is 30.4 Å². The molecule has 0 amide bonds. The van der Waals surface area contributed by atoms with Crippen LogP contribution in [0.2, 0.25) is 0 Å². The molecule has 1 nitrogen and oxygen atoms in total. The number of hydrogen-bond donors (Lipinski definition) is 0. The SMILES string of the molecule is ClCCCCCN1CCc2ccccc2C1. The number of alkyl halides is 1. The molecule has 2 heteroatoms. The quantitative estimate of drug-likeness (QED) is 0.560. The van der Waals surface area contributed by atoms with Crippen LogP contribution < -0.4 is 0 Å². The fraction of sp³-hybridized carbons (Fsp3) is 0.571. The van der Waals surface area contributed by atoms with Crippen LogP contribution in [-0.2, 0) is 13.0 Å². The second-order valence-electron chi connectivity index (χ2n) is 4.54. The van der Waals surface area contributed by atoms with Crippen LogP contribution in [0.4, 0.5) is 0 Å². The van der Waals surface area contributed by atoms with E-state index >= 15 is 0 Å². The third-order valence-corrected chi connectivity index (χ3v) is 3.58. The molecule has 16 heavy (non-hydrogen) atoms. The van der Waals surface area contributed by atoms with Gasteiger partial charge in [0, 0.05) is 19.0 Å². The molecule has 88 valence electrons. The van der Waals surface area contributed by atoms with Gasteiger partial charge in [-0.3, -0.25) is 4.90 Å². The minimum atomic E-state index is 0.808. The summed E-state index contributed by atoms with van der Waals surface area (Å²) in [6, 6.07) is 8.82. The molecule has 2 rings (SSSR count). The predicted molar refractivity (Wildman–Crippen MR) is 70.0 cm³/mol. The fourth-order valence-corrected chi connectivity index (χ4v) is 2.54. The number of halogens is 1. The van der Waals surface area contributed by atoms with Crippen molar-refractivity contribution in [2.24, 2.45) is 0 Å². The molecule has 0 atom stereocenters. The first-order valence-corrected chi connectivity index (χ1v) is 6.78. The topological polar surface area (TPSA) is 3.24 Å². The Hall–Kier alpha value is -0.530. The summed E-state index contributed by atoms with van der Waals surface area (Å²) in [6.07, 6.45) is 4.92. The Morgan fingerprint density at radius 1 is 1.06 bits per heavy atom. The van der Waals surface area contributed by atoms with E-state index in [1.165, 1.54) is 37.9 Å². The van der Waals surface area contributed by atoms with Crippen molar-refractivity contribution in [1.82, 2.24) is 4.90 Å². The van der Waals surface area contributed by atoms with Crippen molar-refractivity contribution in [3.8, 4) is 0 Å². The summed E-state index contributed by atoms with van der Waals surface area (Å²) in [6.45, 7) is 3.58. The maximum atomic E-state index is 5.68. The zero-order valence-electron chi connectivity index (χ0n) is 9.79. The first-order chi connectivity index (χ1) is 7.90. The van der Waals surface area contributed by atoms with Gasteiger partial charge in [0.2, 0.25) is 0 Å². The van der Waals surface area contributed by atoms with Gasteiger partial charge >= 0.3 is 0 Å². The summed E-state index contributed by atoms with van der Waals surface area (Å²) >= 11 is 5.68. The van der Waals surface area contributed by atoms with Crippen LogP contribution in [0.5, 0.6) is 0 Å². The van der Waals surface area contributed by atoms with Crippen LogP contribution in [0.25, 0.3) is 0 Å². The van der Waals surface area contributed by atoms with Gasteiger partial charge in [-0.1, -0.05) is 30.7 Å². The van der Waals surface area contributed by atoms with Gasteiger partial charge < -0.3 is 0 Å². The molecule has 0 aromatic heterocycles. The highest BCUT2D eigenvalue weighted by molar-refractivity contribution is 6.17. The van der Waals surface area contributed by atoms with E-state index in [-0.39, 0.29) is 0 Å². The number of unbranched alkanes of at least 4 members (excludes halogenated alkanes) is 2. The van der Waals surface area contributed by atoms with Crippen molar-refractivity contribution in [3.63, 3.8) is 0 Å². The molecular formula is C14H20ClN. The van der Waals surface area contributed by atoms with Crippen LogP contribution >= 0.6 is 11.6 Å². The lowest BCUT2D eigenvalue weighted by Gasteiger charge is -2.28. The highest BCUT2D eigenvalue weighted by Crippen LogP contribution is 2.18. The van der Waals surface area contributed by atoms with E-state index in [9.17, 15) is 0 Å². The number of nitrogens with zero attached hydrogens (tertiary/aromatic N) is 1. The third kappa shape index (κ3) is 3.23. The largest absolute Gasteiger partial charge is 0.299 e. The van der Waals surface area contributed by atoms with E-state index in [1.807, 2.05) is 0 Å². The van der Waals surface area contributed by atoms with Gasteiger partial charge in [0.05, 0.1) is 0 Å². The average molecular weight is 238 g/mol. The van der Waals surface area contributed by atoms with Gasteiger partial charge in [-0.25, -0.2) is 0 Å². The summed E-state index contributed by atoms with van der Waals surface area (Å²) in [5.74, 6) is 0.808. The molecule has 1 aliphatic heterocycles. The van der Waals surface area contributed by atoms with Gasteiger partial charge in [-0.05, 0) is 36.9 Å². The minimum Gasteiger partial charge on any atom is -0.299 e. The van der Waals surface area contributed by atoms with E-state index < -0.39 is 0 Å². The molecule has 0 N–H and O–H groups in total. The van der Waals surface area contributed by atoms with E-state index in [4.69, 9.17) is 11.6 Å². The van der Waals surface area contributed by atoms with Crippen molar-refractivity contribution in [1.29, 1.82) is 0 Å². The maximum Gasteiger partial charge on any atom is 0.0236 e. The standard InChI is InChI=1S/C14H20ClN/c15-9-4-1-5-10-16-11-8-13-6-2-3-7-14(13)12-16/h2-3,6-7H,1,4-5,8-12H2. The number of rotatable bonds is 5. The monoisotopic (exact) mass is 237 g/mol. The number of hydrogen-bond acceptors (Lipinski definition) is 1. The Morgan fingerprint density at radius 2 is 1.88 bits per heavy atom. The smallest absolute Gasteiger partial charge is 0.0236 e. The number of fused-ring (bicyclic) bond motifs is 1. The van der Waals surface area contributed by atoms with E-state index in [0.717, 1.165) is 18.8 Å². The summed E-state index contributed by atoms with van der Waals surface area (Å²) < 4.78 is 0. The predicted octanol–water partition coefficient (Wildman–Crippen LogP) is 3.45. The lowest BCUT2D eigenvalue weighted by atomic mass is 10.00. The molecule has 0 fully saturated rings. The van der Waals surface area contributed by atoms with E-state index in [1.54, 1.807) is 5.56 Å². The Balaban J connectivity index is 1.79. The Labute approximate surface area is 103 Å². The molecule has 0 bridgehead atoms. The van der Waals surface area contributed by atoms with Gasteiger partial charge in [-0.2, -0.15) is 0 Å². The van der Waals surface area contributed by atoms with Crippen LogP contribution in [0, 0.1) is 0 Å². The molecule has 0 saturated heterocycles. The lowest BCUT2D eigenvalue weighted by molar-refractivity contribution is 0.249. The zero-order chi connectivity index (χ0) is 11.2. The van der Waals surface area contributed by atoms with E-state index in [2.05, 4.69) is 29.2 Å². The first-order valence-electron chi connectivity index (χ1n) is 6.25. The van der Waals surface area contributed by atoms with Crippen molar-refractivity contribution in [2.75, 3.05) is 19.0 Å². The highest BCUT2D eigenvalue weighted by atomic mass is 35.5. The summed E-state index contributed by atoms with van der Waals surface area (Å²) in [4.78, 5) is 2.57. The van der Waals surface area contributed by atoms with Gasteiger partial charge in [0.15, 0.2) is 0 Å². The van der Waals surface area contributed by atoms with Crippen molar-refractivity contribution < 1.29 is 0 Å². The van der Waals surface area contributed by atoms with Gasteiger partial charge in [0.25, 0.3) is 0 Å². The maximum absolute atomic E-state index is 5.68. The summed E-state index contributed by atoms with van der Waals surface area (Å²) in [5.41, 5.74) is 3.06. The molecule has 0 saturated carbocycles. The summed E-state index contributed by atoms with van der Waals surface area (Å²) in [7, 11) is 0. The first kappa shape index (κ1) is 11.9. The Kier molecular flexibility index (Phi) is 4.68. The molecule has 0 spiro atoms. The Morgan fingerprint density at radius 3 is 2.69 bits per heavy atom. The highest BCUT2D eigenvalue weighted by Gasteiger charge is 2.14. The second kappa shape index (κ2) is 6.27. The fourth-order valence-electron chi connectivity index (χ4n) is 2.35. The summed E-state index contributed by atoms with van der Waals surface area (Å²) in [5, 5.41) is 0. The molecule has 0 unspecified atom stereocenters. The van der Waals surface area contributed by atoms with Gasteiger partial charge in [0.1, 0.15) is 0 Å². The number of benzene rings is 1. The molecule has 1 aromatic carbocycles. The molecule has 0 radical (unpaired) electrons. The lowest BCUT2D eigenvalue weighted by Crippen LogP contribution is -2.31. The van der Waals surface area contributed by atoms with Crippen LogP contribution in [0.3, 0.4) is 0 Å². The van der Waals surface area contributed by atoms with Crippen molar-refractivity contribution in [3.05, 3.63) is 35.4 Å².